The van der Waals surface area contributed by atoms with E-state index in [0.717, 1.165) is 83.9 Å². The standard InChI is InChI=1S/C27H19N3.C17H13N.C14H14O2.C12H8O.C12H10.C10H8N2.C5H5N.14C2H6/c1-5-20(22-7-2-10-28-17-22)13-21(6-1)25-14-26(23-8-3-11-29-18-23)16-27(15-25)24-9-4-12-30-19-24;1-2-6-14(7-3-1)15-8-4-9-16(12-15)17-10-5-11-18-13-17;1-3-7-13(8-4-1)15-11-12-16-14-9-5-2-6-10-14;1-3-7-11-9(5-1)10-6-2-4-8-12(10)13-11;1-3-7-11(8-4-1)12-9-5-2-6-10-12;1-3-9(7-11-5-1)10-4-2-6-12-8-10;1-2-4-6-5-3-1;14*1-2/h1-19H;1-13H;1-10H,11-12H2;1-8H;1-10H;1-8H;1-5H;14*1-2H3. The van der Waals surface area contributed by atoms with Gasteiger partial charge in [-0.05, 0) is 171 Å². The topological polar surface area (TPSA) is 122 Å². The van der Waals surface area contributed by atoms with Crippen molar-refractivity contribution in [2.45, 2.75) is 194 Å². The molecular weight excluding hydrogens is 1650 g/mol. The Labute approximate surface area is 817 Å². The van der Waals surface area contributed by atoms with Crippen molar-refractivity contribution in [1.29, 1.82) is 0 Å². The average Bonchev–Trinajstić information content (AvgIpc) is 1.79. The van der Waals surface area contributed by atoms with Crippen LogP contribution < -0.4 is 9.47 Å². The van der Waals surface area contributed by atoms with Gasteiger partial charge in [-0.2, -0.15) is 0 Å². The Morgan fingerprint density at radius 2 is 0.333 bits per heavy atom. The molecule has 0 bridgehead atoms. The molecule has 0 amide bonds. The number of hydrogen-bond acceptors (Lipinski definition) is 10. The summed E-state index contributed by atoms with van der Waals surface area (Å²) in [5.41, 5.74) is 20.5. The molecule has 0 saturated carbocycles. The Morgan fingerprint density at radius 1 is 0.156 bits per heavy atom. The average molecular weight is 1810 g/mol. The first-order valence-corrected chi connectivity index (χ1v) is 49.1. The molecule has 0 spiro atoms. The predicted molar refractivity (Wildman–Crippen MR) is 597 cm³/mol. The number of furan rings is 1. The summed E-state index contributed by atoms with van der Waals surface area (Å²) in [4.78, 5) is 28.9. The highest BCUT2D eigenvalue weighted by molar-refractivity contribution is 6.04. The lowest BCUT2D eigenvalue weighted by Gasteiger charge is -2.12. The van der Waals surface area contributed by atoms with Crippen LogP contribution in [-0.2, 0) is 0 Å². The van der Waals surface area contributed by atoms with E-state index in [9.17, 15) is 0 Å². The monoisotopic (exact) mass is 1810 g/mol. The molecule has 0 aliphatic carbocycles. The van der Waals surface area contributed by atoms with Gasteiger partial charge in [-0.1, -0.05) is 437 Å². The molecule has 0 radical (unpaired) electrons. The van der Waals surface area contributed by atoms with Crippen LogP contribution in [0.4, 0.5) is 0 Å². The Kier molecular flexibility index (Phi) is 83.4. The lowest BCUT2D eigenvalue weighted by atomic mass is 9.93. The number of ether oxygens (including phenoxy) is 2. The first-order chi connectivity index (χ1) is 67.1. The van der Waals surface area contributed by atoms with E-state index >= 15 is 0 Å². The zero-order chi connectivity index (χ0) is 101. The van der Waals surface area contributed by atoms with Gasteiger partial charge in [0.2, 0.25) is 0 Å². The van der Waals surface area contributed by atoms with Gasteiger partial charge in [-0.25, -0.2) is 0 Å². The molecule has 10 aromatic carbocycles. The number of pyridine rings is 7. The fourth-order valence-corrected chi connectivity index (χ4v) is 11.3. The second-order valence-electron chi connectivity index (χ2n) is 24.0. The molecule has 18 rings (SSSR count). The van der Waals surface area contributed by atoms with Crippen LogP contribution in [0.15, 0.2) is 449 Å². The van der Waals surface area contributed by atoms with Crippen molar-refractivity contribution in [1.82, 2.24) is 34.9 Å². The van der Waals surface area contributed by atoms with Gasteiger partial charge >= 0.3 is 0 Å². The highest BCUT2D eigenvalue weighted by Crippen LogP contribution is 2.35. The van der Waals surface area contributed by atoms with E-state index in [-0.39, 0.29) is 0 Å². The van der Waals surface area contributed by atoms with Crippen molar-refractivity contribution < 1.29 is 13.9 Å². The van der Waals surface area contributed by atoms with Crippen LogP contribution in [0.1, 0.15) is 194 Å². The third-order valence-electron chi connectivity index (χ3n) is 16.6. The molecule has 18 aromatic rings. The second-order valence-corrected chi connectivity index (χ2v) is 24.0. The van der Waals surface area contributed by atoms with Crippen molar-refractivity contribution in [3.05, 3.63) is 445 Å². The van der Waals surface area contributed by atoms with Crippen molar-refractivity contribution in [2.24, 2.45) is 0 Å². The number of para-hydroxylation sites is 4. The predicted octanol–water partition coefficient (Wildman–Crippen LogP) is 38.6. The Balaban J connectivity index is -0.00000148. The summed E-state index contributed by atoms with van der Waals surface area (Å²) in [6.07, 6.45) is 25.5. The molecule has 0 aliphatic rings. The molecule has 135 heavy (non-hydrogen) atoms. The number of fused-ring (bicyclic) bond motifs is 3. The molecule has 8 heterocycles. The molecular formula is C125H161N7O3. The molecule has 10 nitrogen and oxygen atoms in total. The zero-order valence-electron chi connectivity index (χ0n) is 86.9. The number of benzene rings is 10. The van der Waals surface area contributed by atoms with Crippen LogP contribution in [0.25, 0.3) is 111 Å². The van der Waals surface area contributed by atoms with Crippen LogP contribution in [0.2, 0.25) is 0 Å². The van der Waals surface area contributed by atoms with Gasteiger partial charge in [0, 0.05) is 131 Å². The van der Waals surface area contributed by atoms with E-state index in [1.54, 1.807) is 49.6 Å². The number of rotatable bonds is 13. The van der Waals surface area contributed by atoms with Gasteiger partial charge < -0.3 is 13.9 Å². The maximum Gasteiger partial charge on any atom is 0.135 e. The molecule has 714 valence electrons. The highest BCUT2D eigenvalue weighted by atomic mass is 16.5. The highest BCUT2D eigenvalue weighted by Gasteiger charge is 2.11. The van der Waals surface area contributed by atoms with Crippen molar-refractivity contribution in [3.63, 3.8) is 0 Å². The van der Waals surface area contributed by atoms with Gasteiger partial charge in [0.1, 0.15) is 35.9 Å². The van der Waals surface area contributed by atoms with Crippen molar-refractivity contribution in [3.8, 4) is 101 Å². The summed E-state index contributed by atoms with van der Waals surface area (Å²) >= 11 is 0. The maximum atomic E-state index is 5.65. The molecule has 0 fully saturated rings. The van der Waals surface area contributed by atoms with Gasteiger partial charge in [0.25, 0.3) is 0 Å². The van der Waals surface area contributed by atoms with E-state index < -0.39 is 0 Å². The molecule has 0 aliphatic heterocycles. The summed E-state index contributed by atoms with van der Waals surface area (Å²) in [5.74, 6) is 1.75. The lowest BCUT2D eigenvalue weighted by Crippen LogP contribution is -2.08. The SMILES string of the molecule is CC.CC.CC.CC.CC.CC.CC.CC.CC.CC.CC.CC.CC.CC.c1ccc(-c2cccc(-c3cccnc3)c2)cc1.c1ccc(-c2ccccc2)cc1.c1ccc(OCCOc2ccccc2)cc1.c1ccc2c(c1)oc1ccccc12.c1ccncc1.c1cncc(-c2cccc(-c3cc(-c4cccnc4)cc(-c4cccnc4)c3)c2)c1.c1cncc(-c2cccnc2)c1. The van der Waals surface area contributed by atoms with Gasteiger partial charge in [0.15, 0.2) is 0 Å². The minimum Gasteiger partial charge on any atom is -0.490 e. The quantitative estimate of drug-likeness (QED) is 0.103. The van der Waals surface area contributed by atoms with Crippen LogP contribution in [0, 0.1) is 0 Å². The van der Waals surface area contributed by atoms with Crippen LogP contribution >= 0.6 is 0 Å². The lowest BCUT2D eigenvalue weighted by molar-refractivity contribution is 0.217. The second kappa shape index (κ2) is 90.2. The number of hydrogen-bond donors (Lipinski definition) is 0. The molecule has 8 aromatic heterocycles. The largest absolute Gasteiger partial charge is 0.490 e. The van der Waals surface area contributed by atoms with Crippen LogP contribution in [-0.4, -0.2) is 48.1 Å². The molecule has 0 atom stereocenters. The Hall–Kier alpha value is -14.4. The summed E-state index contributed by atoms with van der Waals surface area (Å²) < 4.78 is 16.7. The van der Waals surface area contributed by atoms with Crippen LogP contribution in [0.5, 0.6) is 11.5 Å². The molecule has 0 N–H and O–H groups in total. The Bertz CT molecular complexity index is 5100. The third kappa shape index (κ3) is 50.7. The molecule has 10 heteroatoms. The third-order valence-corrected chi connectivity index (χ3v) is 16.6. The molecule has 0 saturated heterocycles. The smallest absolute Gasteiger partial charge is 0.135 e. The first-order valence-electron chi connectivity index (χ1n) is 49.1. The normalized spacial score (nSPS) is 8.65. The minimum atomic E-state index is 0.554. The summed E-state index contributed by atoms with van der Waals surface area (Å²) in [6.45, 7) is 57.1. The summed E-state index contributed by atoms with van der Waals surface area (Å²) in [6, 6.07) is 120. The minimum absolute atomic E-state index is 0.554. The first kappa shape index (κ1) is 125. The summed E-state index contributed by atoms with van der Waals surface area (Å²) in [7, 11) is 0. The van der Waals surface area contributed by atoms with Gasteiger partial charge in [-0.15, -0.1) is 0 Å². The fraction of sp³-hybridized carbons (Fsp3) is 0.240. The van der Waals surface area contributed by atoms with E-state index in [2.05, 4.69) is 211 Å². The maximum absolute atomic E-state index is 5.65. The number of aromatic nitrogens is 7. The van der Waals surface area contributed by atoms with Gasteiger partial charge in [-0.3, -0.25) is 34.9 Å². The zero-order valence-corrected chi connectivity index (χ0v) is 86.9. The van der Waals surface area contributed by atoms with Gasteiger partial charge in [0.05, 0.1) is 0 Å². The van der Waals surface area contributed by atoms with E-state index in [1.807, 2.05) is 413 Å². The van der Waals surface area contributed by atoms with E-state index in [4.69, 9.17) is 13.9 Å². The van der Waals surface area contributed by atoms with Crippen LogP contribution in [0.3, 0.4) is 0 Å². The van der Waals surface area contributed by atoms with E-state index in [0.29, 0.717) is 13.2 Å². The Morgan fingerprint density at radius 3 is 0.578 bits per heavy atom. The van der Waals surface area contributed by atoms with Crippen molar-refractivity contribution in [2.75, 3.05) is 13.2 Å². The van der Waals surface area contributed by atoms with Crippen molar-refractivity contribution >= 4 is 21.9 Å². The fourth-order valence-electron chi connectivity index (χ4n) is 11.3. The number of nitrogens with zero attached hydrogens (tertiary/aromatic N) is 7. The molecule has 0 unspecified atom stereocenters. The summed E-state index contributed by atoms with van der Waals surface area (Å²) in [5, 5.41) is 2.39. The van der Waals surface area contributed by atoms with E-state index in [1.165, 1.54) is 38.6 Å².